The van der Waals surface area contributed by atoms with Crippen molar-refractivity contribution < 1.29 is 4.48 Å². The highest BCUT2D eigenvalue weighted by Gasteiger charge is 2.39. The van der Waals surface area contributed by atoms with Gasteiger partial charge in [-0.05, 0) is 25.7 Å². The van der Waals surface area contributed by atoms with Crippen molar-refractivity contribution in [3.63, 3.8) is 0 Å². The van der Waals surface area contributed by atoms with Crippen LogP contribution in [-0.2, 0) is 0 Å². The van der Waals surface area contributed by atoms with E-state index < -0.39 is 0 Å². The highest BCUT2D eigenvalue weighted by Crippen LogP contribution is 2.32. The molecule has 0 N–H and O–H groups in total. The molecule has 1 aliphatic rings. The summed E-state index contributed by atoms with van der Waals surface area (Å²) in [6.07, 6.45) is 2.74. The van der Waals surface area contributed by atoms with Gasteiger partial charge in [-0.2, -0.15) is 0 Å². The molecule has 1 fully saturated rings. The minimum absolute atomic E-state index is 0.851. The van der Waals surface area contributed by atoms with Crippen LogP contribution < -0.4 is 0 Å². The molecular weight excluding hydrogens is 158 g/mol. The first-order valence-corrected chi connectivity index (χ1v) is 5.85. The fourth-order valence-electron chi connectivity index (χ4n) is 2.83. The second kappa shape index (κ2) is 4.00. The van der Waals surface area contributed by atoms with Crippen LogP contribution in [0.1, 0.15) is 40.5 Å². The van der Waals surface area contributed by atoms with Crippen LogP contribution in [0.3, 0.4) is 0 Å². The molecule has 13 heavy (non-hydrogen) atoms. The third-order valence-corrected chi connectivity index (χ3v) is 4.47. The Bertz CT molecular complexity index is 167. The largest absolute Gasteiger partial charge is 0.324 e. The molecule has 0 amide bonds. The molecule has 0 aromatic rings. The van der Waals surface area contributed by atoms with Crippen molar-refractivity contribution >= 4 is 0 Å². The lowest BCUT2D eigenvalue weighted by atomic mass is 9.81. The number of hydrogen-bond donors (Lipinski definition) is 0. The van der Waals surface area contributed by atoms with Gasteiger partial charge in [-0.25, -0.2) is 0 Å². The Morgan fingerprint density at radius 3 is 2.38 bits per heavy atom. The standard InChI is InChI=1S/C12H26N/c1-6-8-13(5)9-7-10(2)11(3)12(13)4/h10-12H,6-9H2,1-5H3/q+1. The van der Waals surface area contributed by atoms with Crippen molar-refractivity contribution in [2.75, 3.05) is 20.1 Å². The van der Waals surface area contributed by atoms with Gasteiger partial charge in [0.2, 0.25) is 0 Å². The lowest BCUT2D eigenvalue weighted by molar-refractivity contribution is -0.941. The van der Waals surface area contributed by atoms with Crippen molar-refractivity contribution in [3.8, 4) is 0 Å². The van der Waals surface area contributed by atoms with E-state index in [9.17, 15) is 0 Å². The number of hydrogen-bond acceptors (Lipinski definition) is 0. The van der Waals surface area contributed by atoms with Crippen LogP contribution in [0, 0.1) is 11.8 Å². The summed E-state index contributed by atoms with van der Waals surface area (Å²) >= 11 is 0. The van der Waals surface area contributed by atoms with Crippen molar-refractivity contribution in [1.29, 1.82) is 0 Å². The summed E-state index contributed by atoms with van der Waals surface area (Å²) in [7, 11) is 2.44. The Balaban J connectivity index is 2.67. The molecule has 0 radical (unpaired) electrons. The maximum atomic E-state index is 2.44. The molecule has 0 aromatic heterocycles. The van der Waals surface area contributed by atoms with Crippen molar-refractivity contribution in [2.45, 2.75) is 46.6 Å². The molecule has 4 unspecified atom stereocenters. The molecule has 1 rings (SSSR count). The smallest absolute Gasteiger partial charge is 0.0888 e. The molecule has 0 spiro atoms. The fraction of sp³-hybridized carbons (Fsp3) is 1.00. The highest BCUT2D eigenvalue weighted by molar-refractivity contribution is 4.74. The summed E-state index contributed by atoms with van der Waals surface area (Å²) in [6.45, 7) is 12.3. The number of nitrogens with zero attached hydrogens (tertiary/aromatic N) is 1. The third kappa shape index (κ3) is 2.07. The summed E-state index contributed by atoms with van der Waals surface area (Å²) in [4.78, 5) is 0. The van der Waals surface area contributed by atoms with E-state index in [-0.39, 0.29) is 0 Å². The van der Waals surface area contributed by atoms with E-state index in [0.717, 1.165) is 17.9 Å². The Morgan fingerprint density at radius 2 is 1.85 bits per heavy atom. The second-order valence-electron chi connectivity index (χ2n) is 5.29. The van der Waals surface area contributed by atoms with Gasteiger partial charge < -0.3 is 4.48 Å². The Kier molecular flexibility index (Phi) is 3.39. The average Bonchev–Trinajstić information content (AvgIpc) is 2.10. The predicted octanol–water partition coefficient (Wildman–Crippen LogP) is 2.91. The Morgan fingerprint density at radius 1 is 1.23 bits per heavy atom. The van der Waals surface area contributed by atoms with Crippen LogP contribution in [0.25, 0.3) is 0 Å². The van der Waals surface area contributed by atoms with Crippen LogP contribution in [0.2, 0.25) is 0 Å². The minimum atomic E-state index is 0.851. The van der Waals surface area contributed by atoms with Gasteiger partial charge in [-0.15, -0.1) is 0 Å². The molecule has 0 aliphatic carbocycles. The molecule has 4 atom stereocenters. The zero-order valence-corrected chi connectivity index (χ0v) is 10.0. The molecule has 1 saturated heterocycles. The monoisotopic (exact) mass is 184 g/mol. The number of likely N-dealkylation sites (tertiary alicyclic amines) is 1. The van der Waals surface area contributed by atoms with Gasteiger partial charge in [-0.1, -0.05) is 20.8 Å². The first-order chi connectivity index (χ1) is 6.01. The number of quaternary nitrogens is 1. The zero-order valence-electron chi connectivity index (χ0n) is 10.0. The van der Waals surface area contributed by atoms with Gasteiger partial charge in [-0.3, -0.25) is 0 Å². The Labute approximate surface area is 83.7 Å². The fourth-order valence-corrected chi connectivity index (χ4v) is 2.83. The van der Waals surface area contributed by atoms with E-state index in [1.165, 1.54) is 30.4 Å². The van der Waals surface area contributed by atoms with Gasteiger partial charge in [0.05, 0.1) is 26.2 Å². The van der Waals surface area contributed by atoms with E-state index in [2.05, 4.69) is 34.7 Å². The molecule has 0 bridgehead atoms. The van der Waals surface area contributed by atoms with Gasteiger partial charge >= 0.3 is 0 Å². The van der Waals surface area contributed by atoms with Gasteiger partial charge in [0.1, 0.15) is 0 Å². The number of piperidine rings is 1. The molecule has 1 heterocycles. The molecule has 78 valence electrons. The van der Waals surface area contributed by atoms with Crippen LogP contribution in [-0.4, -0.2) is 30.7 Å². The van der Waals surface area contributed by atoms with Gasteiger partial charge in [0, 0.05) is 5.92 Å². The van der Waals surface area contributed by atoms with Crippen molar-refractivity contribution in [3.05, 3.63) is 0 Å². The Hall–Kier alpha value is -0.0400. The predicted molar refractivity (Wildman–Crippen MR) is 58.6 cm³/mol. The molecule has 0 saturated carbocycles. The van der Waals surface area contributed by atoms with Crippen LogP contribution in [0.15, 0.2) is 0 Å². The average molecular weight is 184 g/mol. The normalized spacial score (nSPS) is 46.4. The van der Waals surface area contributed by atoms with E-state index in [4.69, 9.17) is 0 Å². The molecular formula is C12H26N+. The maximum Gasteiger partial charge on any atom is 0.0888 e. The SMILES string of the molecule is CCC[N+]1(C)CCC(C)C(C)C1C. The summed E-state index contributed by atoms with van der Waals surface area (Å²) in [6, 6.07) is 0.851. The molecule has 1 heteroatoms. The third-order valence-electron chi connectivity index (χ3n) is 4.47. The zero-order chi connectivity index (χ0) is 10.1. The summed E-state index contributed by atoms with van der Waals surface area (Å²) in [5.41, 5.74) is 0. The van der Waals surface area contributed by atoms with Crippen LogP contribution in [0.4, 0.5) is 0 Å². The number of rotatable bonds is 2. The minimum Gasteiger partial charge on any atom is -0.324 e. The second-order valence-corrected chi connectivity index (χ2v) is 5.29. The highest BCUT2D eigenvalue weighted by atomic mass is 15.4. The first kappa shape index (κ1) is 11.0. The van der Waals surface area contributed by atoms with Crippen LogP contribution >= 0.6 is 0 Å². The summed E-state index contributed by atoms with van der Waals surface area (Å²) in [5.74, 6) is 1.82. The van der Waals surface area contributed by atoms with Gasteiger partial charge in [0.15, 0.2) is 0 Å². The summed E-state index contributed by atoms with van der Waals surface area (Å²) < 4.78 is 1.31. The van der Waals surface area contributed by atoms with E-state index in [0.29, 0.717) is 0 Å². The topological polar surface area (TPSA) is 0 Å². The molecule has 1 aliphatic heterocycles. The lowest BCUT2D eigenvalue weighted by Crippen LogP contribution is -2.59. The van der Waals surface area contributed by atoms with E-state index in [1.807, 2.05) is 0 Å². The maximum absolute atomic E-state index is 2.44. The van der Waals surface area contributed by atoms with E-state index >= 15 is 0 Å². The quantitative estimate of drug-likeness (QED) is 0.579. The molecule has 1 nitrogen and oxygen atoms in total. The van der Waals surface area contributed by atoms with Crippen LogP contribution in [0.5, 0.6) is 0 Å². The van der Waals surface area contributed by atoms with E-state index in [1.54, 1.807) is 0 Å². The van der Waals surface area contributed by atoms with Crippen molar-refractivity contribution in [1.82, 2.24) is 0 Å². The first-order valence-electron chi connectivity index (χ1n) is 5.85. The summed E-state index contributed by atoms with van der Waals surface area (Å²) in [5, 5.41) is 0. The molecule has 0 aromatic carbocycles. The lowest BCUT2D eigenvalue weighted by Gasteiger charge is -2.48. The van der Waals surface area contributed by atoms with Crippen molar-refractivity contribution in [2.24, 2.45) is 11.8 Å². The van der Waals surface area contributed by atoms with Gasteiger partial charge in [0.25, 0.3) is 0 Å².